The molecule has 7 atom stereocenters. The van der Waals surface area contributed by atoms with E-state index in [1.54, 1.807) is 42.5 Å². The van der Waals surface area contributed by atoms with Crippen molar-refractivity contribution in [1.29, 1.82) is 0 Å². The number of phenols is 1. The Bertz CT molecular complexity index is 2650. The van der Waals surface area contributed by atoms with E-state index in [0.717, 1.165) is 5.56 Å². The van der Waals surface area contributed by atoms with Crippen LogP contribution in [0.1, 0.15) is 81.9 Å². The predicted octanol–water partition coefficient (Wildman–Crippen LogP) is -2.50. The van der Waals surface area contributed by atoms with Gasteiger partial charge in [-0.05, 0) is 92.5 Å². The van der Waals surface area contributed by atoms with E-state index in [4.69, 9.17) is 40.1 Å². The van der Waals surface area contributed by atoms with Gasteiger partial charge in [-0.2, -0.15) is 0 Å². The molecule has 0 spiro atoms. The second kappa shape index (κ2) is 32.9. The average molecular weight is 1130 g/mol. The lowest BCUT2D eigenvalue weighted by atomic mass is 9.99. The number of nitrogens with zero attached hydrogens (tertiary/aromatic N) is 4. The minimum Gasteiger partial charge on any atom is -0.508 e. The molecule has 26 nitrogen and oxygen atoms in total. The molecule has 0 saturated carbocycles. The third-order valence-corrected chi connectivity index (χ3v) is 13.2. The number of guanidine groups is 2. The smallest absolute Gasteiger partial charge is 0.245 e. The van der Waals surface area contributed by atoms with Crippen LogP contribution >= 0.6 is 0 Å². The molecule has 20 N–H and O–H groups in total. The Kier molecular flexibility index (Phi) is 26.3. The molecule has 26 heteroatoms. The molecule has 0 radical (unpaired) electrons. The maximum absolute atomic E-state index is 15.0. The van der Waals surface area contributed by atoms with Gasteiger partial charge in [0.05, 0.1) is 19.0 Å². The first-order chi connectivity index (χ1) is 38.5. The van der Waals surface area contributed by atoms with E-state index < -0.39 is 108 Å². The maximum Gasteiger partial charge on any atom is 0.245 e. The van der Waals surface area contributed by atoms with Gasteiger partial charge in [0.2, 0.25) is 53.2 Å². The van der Waals surface area contributed by atoms with Crippen LogP contribution in [0.15, 0.2) is 94.9 Å². The van der Waals surface area contributed by atoms with E-state index >= 15 is 0 Å². The number of nitrogens with two attached hydrogens (primary N) is 7. The largest absolute Gasteiger partial charge is 0.508 e. The van der Waals surface area contributed by atoms with Crippen molar-refractivity contribution in [2.45, 2.75) is 127 Å². The molecular weight excluding hydrogens is 1040 g/mol. The highest BCUT2D eigenvalue weighted by atomic mass is 16.3. The van der Waals surface area contributed by atoms with Crippen LogP contribution in [0.3, 0.4) is 0 Å². The van der Waals surface area contributed by atoms with Crippen LogP contribution in [0.25, 0.3) is 0 Å². The summed E-state index contributed by atoms with van der Waals surface area (Å²) in [6.07, 6.45) is 0.754. The normalized spacial score (nSPS) is 15.1. The number of carbonyl (C=O) groups is 9. The summed E-state index contributed by atoms with van der Waals surface area (Å²) in [5, 5.41) is 23.2. The van der Waals surface area contributed by atoms with Crippen molar-refractivity contribution >= 4 is 65.1 Å². The number of likely N-dealkylation sites (tertiary alicyclic amines) is 1. The first kappa shape index (κ1) is 64.7. The molecule has 3 aromatic carbocycles. The highest BCUT2D eigenvalue weighted by Gasteiger charge is 2.40. The SMILES string of the molecule is CC(C)C[C@H](NC(=O)[C@H](Cc1ccccc1)NC(=O)[C@@H](N)Cc1ccc(O)cc1)C(=O)N(CCc1ccccc1)CC(=O)N[C@@H](CCCN=C(N)N)C(=O)N1CCC[C@H]1C(=O)N[C@@H](CCCN=C(N)N)C(=O)N[C@@H](CC(N)=O)C(N)=O. The van der Waals surface area contributed by atoms with Gasteiger partial charge in [-0.15, -0.1) is 0 Å². The number of benzene rings is 3. The molecule has 0 aliphatic carbocycles. The van der Waals surface area contributed by atoms with Crippen LogP contribution in [0.4, 0.5) is 0 Å². The van der Waals surface area contributed by atoms with Crippen LogP contribution in [0.2, 0.25) is 0 Å². The number of aliphatic imine (C=N–C) groups is 2. The second-order valence-electron chi connectivity index (χ2n) is 20.3. The zero-order chi connectivity index (χ0) is 59.6. The van der Waals surface area contributed by atoms with Crippen LogP contribution in [-0.4, -0.2) is 155 Å². The summed E-state index contributed by atoms with van der Waals surface area (Å²) in [7, 11) is 0. The summed E-state index contributed by atoms with van der Waals surface area (Å²) in [6, 6.07) is 15.6. The fourth-order valence-corrected chi connectivity index (χ4v) is 9.09. The standard InChI is InChI=1S/C55H80N16O10/c1-33(2)28-43(69-50(78)42(30-35-14-7-4-8-15-35)68-48(76)38(56)29-36-19-21-37(72)22-20-36)52(80)70(27-23-34-12-5-3-6-13-34)32-46(74)65-40(17-10-25-64-55(61)62)53(81)71-26-11-18-44(71)51(79)66-39(16-9-24-63-54(59)60)49(77)67-41(47(58)75)31-45(57)73/h3-8,12-15,19-22,33,38-44,72H,9-11,16-18,23-32,56H2,1-2H3,(H2,57,73)(H2,58,75)(H,65,74)(H,66,79)(H,67,77)(H,68,76)(H,69,78)(H4,59,60,63)(H4,61,62,64)/t38-,39-,40-,41-,42-,43-,44-/m0/s1. The molecule has 440 valence electrons. The third kappa shape index (κ3) is 22.8. The third-order valence-electron chi connectivity index (χ3n) is 13.2. The molecule has 4 rings (SSSR count). The molecular formula is C55H80N16O10. The molecule has 1 heterocycles. The number of hydrogen-bond donors (Lipinski definition) is 13. The van der Waals surface area contributed by atoms with Gasteiger partial charge >= 0.3 is 0 Å². The second-order valence-corrected chi connectivity index (χ2v) is 20.3. The predicted molar refractivity (Wildman–Crippen MR) is 303 cm³/mol. The topological polar surface area (TPSA) is 447 Å². The number of nitrogens with one attached hydrogen (secondary N) is 5. The number of primary amides is 2. The summed E-state index contributed by atoms with van der Waals surface area (Å²) in [5.41, 5.74) is 41.4. The zero-order valence-corrected chi connectivity index (χ0v) is 46.0. The Hall–Kier alpha value is -8.81. The van der Waals surface area contributed by atoms with Crippen LogP contribution < -0.4 is 66.7 Å². The number of amides is 9. The lowest BCUT2D eigenvalue weighted by molar-refractivity contribution is -0.143. The summed E-state index contributed by atoms with van der Waals surface area (Å²) in [5.74, 6) is -7.43. The summed E-state index contributed by atoms with van der Waals surface area (Å²) < 4.78 is 0. The fraction of sp³-hybridized carbons (Fsp3) is 0.473. The van der Waals surface area contributed by atoms with Crippen molar-refractivity contribution in [3.05, 3.63) is 102 Å². The van der Waals surface area contributed by atoms with Gasteiger partial charge in [0.1, 0.15) is 42.0 Å². The van der Waals surface area contributed by atoms with Crippen molar-refractivity contribution in [2.24, 2.45) is 56.0 Å². The van der Waals surface area contributed by atoms with E-state index in [1.807, 2.05) is 44.2 Å². The Labute approximate surface area is 471 Å². The lowest BCUT2D eigenvalue weighted by Gasteiger charge is -2.32. The van der Waals surface area contributed by atoms with Crippen LogP contribution in [0, 0.1) is 5.92 Å². The monoisotopic (exact) mass is 1120 g/mol. The van der Waals surface area contributed by atoms with E-state index in [1.165, 1.54) is 21.9 Å². The number of rotatable bonds is 33. The number of carbonyl (C=O) groups excluding carboxylic acids is 9. The van der Waals surface area contributed by atoms with Crippen molar-refractivity contribution in [2.75, 3.05) is 32.7 Å². The minimum atomic E-state index is -1.49. The van der Waals surface area contributed by atoms with E-state index in [0.29, 0.717) is 24.0 Å². The van der Waals surface area contributed by atoms with E-state index in [2.05, 4.69) is 36.6 Å². The molecule has 3 aromatic rings. The van der Waals surface area contributed by atoms with Gasteiger partial charge in [0, 0.05) is 32.6 Å². The first-order valence-electron chi connectivity index (χ1n) is 26.9. The summed E-state index contributed by atoms with van der Waals surface area (Å²) in [4.78, 5) is 134. The van der Waals surface area contributed by atoms with E-state index in [-0.39, 0.29) is 101 Å². The molecule has 1 aliphatic heterocycles. The maximum atomic E-state index is 15.0. The molecule has 1 fully saturated rings. The van der Waals surface area contributed by atoms with Gasteiger partial charge in [0.25, 0.3) is 0 Å². The highest BCUT2D eigenvalue weighted by Crippen LogP contribution is 2.21. The molecule has 0 aromatic heterocycles. The Morgan fingerprint density at radius 1 is 0.642 bits per heavy atom. The summed E-state index contributed by atoms with van der Waals surface area (Å²) in [6.45, 7) is 3.35. The number of phenolic OH excluding ortho intramolecular Hbond substituents is 1. The quantitative estimate of drug-likeness (QED) is 0.0170. The fourth-order valence-electron chi connectivity index (χ4n) is 9.09. The van der Waals surface area contributed by atoms with Gasteiger partial charge in [-0.25, -0.2) is 0 Å². The molecule has 0 bridgehead atoms. The Morgan fingerprint density at radius 3 is 1.75 bits per heavy atom. The van der Waals surface area contributed by atoms with Crippen molar-refractivity contribution in [3.63, 3.8) is 0 Å². The Morgan fingerprint density at radius 2 is 1.19 bits per heavy atom. The molecule has 0 unspecified atom stereocenters. The van der Waals surface area contributed by atoms with Gasteiger partial charge in [-0.3, -0.25) is 53.1 Å². The van der Waals surface area contributed by atoms with Crippen LogP contribution in [-0.2, 0) is 62.4 Å². The van der Waals surface area contributed by atoms with Crippen molar-refractivity contribution in [1.82, 2.24) is 36.4 Å². The van der Waals surface area contributed by atoms with Crippen LogP contribution in [0.5, 0.6) is 5.75 Å². The van der Waals surface area contributed by atoms with Gasteiger partial charge in [0.15, 0.2) is 11.9 Å². The number of hydrogen-bond acceptors (Lipinski definition) is 13. The minimum absolute atomic E-state index is 0.00206. The van der Waals surface area contributed by atoms with E-state index in [9.17, 15) is 48.3 Å². The van der Waals surface area contributed by atoms with Gasteiger partial charge < -0.3 is 81.6 Å². The first-order valence-corrected chi connectivity index (χ1v) is 26.9. The average Bonchev–Trinajstić information content (AvgIpc) is 3.97. The molecule has 1 saturated heterocycles. The Balaban J connectivity index is 1.62. The van der Waals surface area contributed by atoms with Gasteiger partial charge in [-0.1, -0.05) is 86.6 Å². The number of aromatic hydroxyl groups is 1. The molecule has 9 amide bonds. The van der Waals surface area contributed by atoms with Crippen molar-refractivity contribution in [3.8, 4) is 5.75 Å². The highest BCUT2D eigenvalue weighted by molar-refractivity contribution is 5.98. The van der Waals surface area contributed by atoms with Crippen molar-refractivity contribution < 1.29 is 48.3 Å². The lowest BCUT2D eigenvalue weighted by Crippen LogP contribution is -2.59. The zero-order valence-electron chi connectivity index (χ0n) is 46.0. The molecule has 81 heavy (non-hydrogen) atoms. The summed E-state index contributed by atoms with van der Waals surface area (Å²) >= 11 is 0. The molecule has 1 aliphatic rings.